The van der Waals surface area contributed by atoms with Crippen molar-refractivity contribution in [2.75, 3.05) is 5.32 Å². The number of halogens is 1. The van der Waals surface area contributed by atoms with Gasteiger partial charge in [0, 0.05) is 14.6 Å². The summed E-state index contributed by atoms with van der Waals surface area (Å²) in [5.74, 6) is 0.601. The molecule has 0 aromatic heterocycles. The molecule has 3 rings (SSSR count). The van der Waals surface area contributed by atoms with E-state index in [0.717, 1.165) is 25.8 Å². The quantitative estimate of drug-likeness (QED) is 0.562. The number of nitrogens with one attached hydrogen (secondary N) is 1. The summed E-state index contributed by atoms with van der Waals surface area (Å²) in [5, 5.41) is 5.04. The molecule has 3 aromatic rings. The van der Waals surface area contributed by atoms with Gasteiger partial charge in [-0.1, -0.05) is 43.3 Å². The largest absolute Gasteiger partial charge is 0.480 e. The lowest BCUT2D eigenvalue weighted by molar-refractivity contribution is -0.122. The SMILES string of the molecule is CC[C@@H](Oc1cccc2ccccc12)C(=O)Nc1ccc(I)cc1. The van der Waals surface area contributed by atoms with Crippen molar-refractivity contribution in [2.24, 2.45) is 0 Å². The lowest BCUT2D eigenvalue weighted by Crippen LogP contribution is -2.32. The maximum absolute atomic E-state index is 12.5. The van der Waals surface area contributed by atoms with Gasteiger partial charge in [-0.2, -0.15) is 0 Å². The van der Waals surface area contributed by atoms with E-state index >= 15 is 0 Å². The van der Waals surface area contributed by atoms with Crippen LogP contribution in [0.15, 0.2) is 66.7 Å². The van der Waals surface area contributed by atoms with Gasteiger partial charge < -0.3 is 10.1 Å². The van der Waals surface area contributed by atoms with Crippen LogP contribution in [0.5, 0.6) is 5.75 Å². The smallest absolute Gasteiger partial charge is 0.265 e. The van der Waals surface area contributed by atoms with Crippen LogP contribution in [0.2, 0.25) is 0 Å². The molecule has 3 aromatic carbocycles. The highest BCUT2D eigenvalue weighted by molar-refractivity contribution is 14.1. The normalized spacial score (nSPS) is 11.9. The standard InChI is InChI=1S/C20H18INO2/c1-2-18(20(23)22-16-12-10-15(21)11-13-16)24-19-9-5-7-14-6-3-4-8-17(14)19/h3-13,18H,2H2,1H3,(H,22,23)/t18-/m1/s1. The Morgan fingerprint density at radius 3 is 2.50 bits per heavy atom. The van der Waals surface area contributed by atoms with E-state index in [2.05, 4.69) is 27.9 Å². The van der Waals surface area contributed by atoms with Crippen molar-refractivity contribution in [3.8, 4) is 5.75 Å². The predicted octanol–water partition coefficient (Wildman–Crippen LogP) is 5.24. The summed E-state index contributed by atoms with van der Waals surface area (Å²) in [4.78, 5) is 12.5. The molecule has 0 heterocycles. The van der Waals surface area contributed by atoms with E-state index < -0.39 is 6.10 Å². The number of anilines is 1. The molecule has 0 radical (unpaired) electrons. The number of hydrogen-bond acceptors (Lipinski definition) is 2. The van der Waals surface area contributed by atoms with Crippen LogP contribution in [0.1, 0.15) is 13.3 Å². The third-order valence-corrected chi connectivity index (χ3v) is 4.51. The molecule has 4 heteroatoms. The molecule has 0 fully saturated rings. The molecule has 0 aliphatic rings. The fraction of sp³-hybridized carbons (Fsp3) is 0.150. The molecule has 3 nitrogen and oxygen atoms in total. The van der Waals surface area contributed by atoms with Crippen molar-refractivity contribution >= 4 is 45.0 Å². The topological polar surface area (TPSA) is 38.3 Å². The molecule has 1 atom stereocenters. The van der Waals surface area contributed by atoms with Gasteiger partial charge in [-0.05, 0) is 64.7 Å². The third kappa shape index (κ3) is 3.87. The van der Waals surface area contributed by atoms with Crippen LogP contribution in [-0.4, -0.2) is 12.0 Å². The van der Waals surface area contributed by atoms with E-state index in [4.69, 9.17) is 4.74 Å². The Kier molecular flexibility index (Phi) is 5.35. The summed E-state index contributed by atoms with van der Waals surface area (Å²) < 4.78 is 7.15. The van der Waals surface area contributed by atoms with Gasteiger partial charge in [0.2, 0.25) is 0 Å². The van der Waals surface area contributed by atoms with Crippen LogP contribution >= 0.6 is 22.6 Å². The Morgan fingerprint density at radius 1 is 1.04 bits per heavy atom. The van der Waals surface area contributed by atoms with Crippen LogP contribution in [0.25, 0.3) is 10.8 Å². The van der Waals surface area contributed by atoms with Crippen LogP contribution in [0.3, 0.4) is 0 Å². The van der Waals surface area contributed by atoms with Crippen molar-refractivity contribution in [1.29, 1.82) is 0 Å². The predicted molar refractivity (Wildman–Crippen MR) is 106 cm³/mol. The van der Waals surface area contributed by atoms with E-state index in [1.165, 1.54) is 0 Å². The molecule has 0 aliphatic carbocycles. The summed E-state index contributed by atoms with van der Waals surface area (Å²) in [6.07, 6.45) is 0.0643. The van der Waals surface area contributed by atoms with Crippen molar-refractivity contribution in [3.05, 3.63) is 70.3 Å². The fourth-order valence-corrected chi connectivity index (χ4v) is 2.89. The second-order valence-electron chi connectivity index (χ2n) is 5.49. The number of rotatable bonds is 5. The van der Waals surface area contributed by atoms with Gasteiger partial charge in [0.1, 0.15) is 5.75 Å². The number of ether oxygens (including phenoxy) is 1. The van der Waals surface area contributed by atoms with Gasteiger partial charge in [-0.15, -0.1) is 0 Å². The molecule has 0 saturated carbocycles. The first kappa shape index (κ1) is 16.8. The van der Waals surface area contributed by atoms with Crippen LogP contribution in [0, 0.1) is 3.57 Å². The fourth-order valence-electron chi connectivity index (χ4n) is 2.53. The minimum atomic E-state index is -0.532. The molecule has 1 amide bonds. The highest BCUT2D eigenvalue weighted by Gasteiger charge is 2.19. The van der Waals surface area contributed by atoms with Gasteiger partial charge >= 0.3 is 0 Å². The maximum atomic E-state index is 12.5. The number of fused-ring (bicyclic) bond motifs is 1. The minimum Gasteiger partial charge on any atom is -0.480 e. The van der Waals surface area contributed by atoms with E-state index in [1.807, 2.05) is 73.7 Å². The Bertz CT molecular complexity index is 840. The number of amides is 1. The highest BCUT2D eigenvalue weighted by Crippen LogP contribution is 2.26. The molecular weight excluding hydrogens is 413 g/mol. The van der Waals surface area contributed by atoms with Crippen molar-refractivity contribution in [2.45, 2.75) is 19.4 Å². The van der Waals surface area contributed by atoms with Gasteiger partial charge in [-0.25, -0.2) is 0 Å². The van der Waals surface area contributed by atoms with Gasteiger partial charge in [0.05, 0.1) is 0 Å². The van der Waals surface area contributed by atoms with Gasteiger partial charge in [0.15, 0.2) is 6.10 Å². The maximum Gasteiger partial charge on any atom is 0.265 e. The Balaban J connectivity index is 1.78. The highest BCUT2D eigenvalue weighted by atomic mass is 127. The molecule has 1 N–H and O–H groups in total. The zero-order valence-corrected chi connectivity index (χ0v) is 15.5. The van der Waals surface area contributed by atoms with E-state index in [1.54, 1.807) is 0 Å². The van der Waals surface area contributed by atoms with Crippen molar-refractivity contribution in [3.63, 3.8) is 0 Å². The van der Waals surface area contributed by atoms with Crippen molar-refractivity contribution < 1.29 is 9.53 Å². The first-order valence-corrected chi connectivity index (χ1v) is 8.96. The average molecular weight is 431 g/mol. The van der Waals surface area contributed by atoms with E-state index in [0.29, 0.717) is 6.42 Å². The molecule has 122 valence electrons. The van der Waals surface area contributed by atoms with Crippen LogP contribution < -0.4 is 10.1 Å². The molecule has 0 saturated heterocycles. The number of carbonyl (C=O) groups is 1. The first-order valence-electron chi connectivity index (χ1n) is 7.88. The zero-order chi connectivity index (χ0) is 16.9. The molecule has 0 aliphatic heterocycles. The Hall–Kier alpha value is -2.08. The Labute approximate surface area is 155 Å². The lowest BCUT2D eigenvalue weighted by Gasteiger charge is -2.18. The molecule has 24 heavy (non-hydrogen) atoms. The van der Waals surface area contributed by atoms with Crippen LogP contribution in [-0.2, 0) is 4.79 Å². The second kappa shape index (κ2) is 7.66. The first-order chi connectivity index (χ1) is 11.7. The summed E-state index contributed by atoms with van der Waals surface area (Å²) in [6.45, 7) is 1.95. The number of carbonyl (C=O) groups excluding carboxylic acids is 1. The van der Waals surface area contributed by atoms with Crippen LogP contribution in [0.4, 0.5) is 5.69 Å². The summed E-state index contributed by atoms with van der Waals surface area (Å²) >= 11 is 2.24. The second-order valence-corrected chi connectivity index (χ2v) is 6.73. The molecular formula is C20H18INO2. The number of benzene rings is 3. The minimum absolute atomic E-state index is 0.133. The summed E-state index contributed by atoms with van der Waals surface area (Å²) in [7, 11) is 0. The van der Waals surface area contributed by atoms with E-state index in [9.17, 15) is 4.79 Å². The molecule has 0 unspecified atom stereocenters. The Morgan fingerprint density at radius 2 is 1.75 bits per heavy atom. The number of hydrogen-bond donors (Lipinski definition) is 1. The van der Waals surface area contributed by atoms with Gasteiger partial charge in [-0.3, -0.25) is 4.79 Å². The average Bonchev–Trinajstić information content (AvgIpc) is 2.61. The summed E-state index contributed by atoms with van der Waals surface area (Å²) in [5.41, 5.74) is 0.778. The molecule has 0 bridgehead atoms. The monoisotopic (exact) mass is 431 g/mol. The summed E-state index contributed by atoms with van der Waals surface area (Å²) in [6, 6.07) is 21.6. The lowest BCUT2D eigenvalue weighted by atomic mass is 10.1. The van der Waals surface area contributed by atoms with Gasteiger partial charge in [0.25, 0.3) is 5.91 Å². The van der Waals surface area contributed by atoms with E-state index in [-0.39, 0.29) is 5.91 Å². The zero-order valence-electron chi connectivity index (χ0n) is 13.3. The van der Waals surface area contributed by atoms with Crippen molar-refractivity contribution in [1.82, 2.24) is 0 Å². The third-order valence-electron chi connectivity index (χ3n) is 3.79. The molecule has 0 spiro atoms.